The highest BCUT2D eigenvalue weighted by molar-refractivity contribution is 5.83. The van der Waals surface area contributed by atoms with Gasteiger partial charge in [0.25, 0.3) is 0 Å². The molecule has 6 rings (SSSR count). The number of aromatic hydroxyl groups is 2. The summed E-state index contributed by atoms with van der Waals surface area (Å²) in [7, 11) is 1.70. The van der Waals surface area contributed by atoms with Crippen molar-refractivity contribution < 1.29 is 34.6 Å². The van der Waals surface area contributed by atoms with Gasteiger partial charge in [-0.05, 0) is 121 Å². The molecule has 1 aliphatic heterocycles. The molecule has 0 unspecified atom stereocenters. The number of rotatable bonds is 18. The second-order valence-electron chi connectivity index (χ2n) is 17.8. The van der Waals surface area contributed by atoms with E-state index in [9.17, 15) is 20.4 Å². The highest BCUT2D eigenvalue weighted by atomic mass is 16.5. The number of aliphatic hydroxyl groups is 2. The number of hydrogen-bond acceptors (Lipinski definition) is 8. The lowest BCUT2D eigenvalue weighted by molar-refractivity contribution is 0.0169. The minimum atomic E-state index is -0.861. The van der Waals surface area contributed by atoms with Crippen LogP contribution in [0, 0.1) is 23.7 Å². The summed E-state index contributed by atoms with van der Waals surface area (Å²) in [5, 5.41) is 44.4. The number of guanidine groups is 1. The van der Waals surface area contributed by atoms with E-state index in [2.05, 4.69) is 38.8 Å². The van der Waals surface area contributed by atoms with E-state index < -0.39 is 12.2 Å². The number of aliphatic hydroxyl groups excluding tert-OH is 2. The van der Waals surface area contributed by atoms with Gasteiger partial charge in [-0.15, -0.1) is 0 Å². The Bertz CT molecular complexity index is 1870. The molecule has 0 amide bonds. The fraction of sp³-hybridized carbons (Fsp3) is 0.604. The molecule has 10 heteroatoms. The van der Waals surface area contributed by atoms with E-state index in [0.29, 0.717) is 54.0 Å². The van der Waals surface area contributed by atoms with Crippen molar-refractivity contribution in [3.8, 4) is 39.9 Å². The maximum atomic E-state index is 12.0. The molecule has 1 heterocycles. The Kier molecular flexibility index (Phi) is 14.8. The third kappa shape index (κ3) is 9.99. The number of methoxy groups -OCH3 is 1. The van der Waals surface area contributed by atoms with E-state index in [-0.39, 0.29) is 42.2 Å². The van der Waals surface area contributed by atoms with Crippen LogP contribution in [-0.4, -0.2) is 58.9 Å². The Balaban J connectivity index is 1.32. The lowest BCUT2D eigenvalue weighted by Crippen LogP contribution is -2.39. The van der Waals surface area contributed by atoms with Gasteiger partial charge in [-0.3, -0.25) is 4.99 Å². The van der Waals surface area contributed by atoms with Crippen LogP contribution in [0.3, 0.4) is 0 Å². The van der Waals surface area contributed by atoms with Crippen LogP contribution in [0.5, 0.6) is 28.7 Å². The van der Waals surface area contributed by atoms with Crippen LogP contribution in [0.15, 0.2) is 41.4 Å². The maximum Gasteiger partial charge on any atom is 0.185 e. The molecule has 7 atom stereocenters. The lowest BCUT2D eigenvalue weighted by Gasteiger charge is -2.38. The minimum absolute atomic E-state index is 0.000268. The highest BCUT2D eigenvalue weighted by Crippen LogP contribution is 2.54. The monoisotopic (exact) mass is 800 g/mol. The van der Waals surface area contributed by atoms with Crippen molar-refractivity contribution in [2.75, 3.05) is 20.3 Å². The molecule has 1 fully saturated rings. The molecule has 3 aliphatic rings. The summed E-state index contributed by atoms with van der Waals surface area (Å²) in [4.78, 5) is 4.18. The van der Waals surface area contributed by atoms with Crippen molar-refractivity contribution in [2.24, 2.45) is 40.1 Å². The topological polar surface area (TPSA) is 173 Å². The SMILES string of the molecule is CCCCC[C@H](C)CCC[C@@H]1Cc2cc(O)c(CC(C)C)cc2-c2c(OC)cc3c(c21)C[C@@H](O)[C@H](c1ccc(O)c(O[C@@H]2CCC[C@@H](CO)[C@@H]2CCN=C(N)N)c1)O3. The second kappa shape index (κ2) is 19.7. The van der Waals surface area contributed by atoms with Gasteiger partial charge in [-0.25, -0.2) is 0 Å². The van der Waals surface area contributed by atoms with Gasteiger partial charge in [0.15, 0.2) is 17.5 Å². The van der Waals surface area contributed by atoms with Crippen LogP contribution in [-0.2, 0) is 19.3 Å². The molecule has 3 aromatic carbocycles. The molecule has 318 valence electrons. The number of fused-ring (bicyclic) bond motifs is 5. The van der Waals surface area contributed by atoms with Crippen LogP contribution in [0.4, 0.5) is 0 Å². The third-order valence-corrected chi connectivity index (χ3v) is 13.0. The van der Waals surface area contributed by atoms with E-state index >= 15 is 0 Å². The van der Waals surface area contributed by atoms with Gasteiger partial charge in [0, 0.05) is 42.7 Å². The zero-order valence-corrected chi connectivity index (χ0v) is 35.5. The Labute approximate surface area is 346 Å². The molecule has 0 aromatic heterocycles. The Morgan fingerprint density at radius 3 is 2.47 bits per heavy atom. The van der Waals surface area contributed by atoms with E-state index in [1.807, 2.05) is 12.1 Å². The first-order chi connectivity index (χ1) is 27.9. The average molecular weight is 800 g/mol. The molecule has 0 saturated heterocycles. The fourth-order valence-corrected chi connectivity index (χ4v) is 10.0. The maximum absolute atomic E-state index is 12.0. The van der Waals surface area contributed by atoms with Gasteiger partial charge in [0.2, 0.25) is 0 Å². The molecule has 0 spiro atoms. The van der Waals surface area contributed by atoms with E-state index in [1.165, 1.54) is 31.2 Å². The van der Waals surface area contributed by atoms with Crippen molar-refractivity contribution in [2.45, 2.75) is 142 Å². The van der Waals surface area contributed by atoms with E-state index in [4.69, 9.17) is 25.7 Å². The Morgan fingerprint density at radius 2 is 1.74 bits per heavy atom. The number of ether oxygens (including phenoxy) is 3. The Morgan fingerprint density at radius 1 is 0.948 bits per heavy atom. The highest BCUT2D eigenvalue weighted by Gasteiger charge is 2.39. The number of nitrogens with zero attached hydrogens (tertiary/aromatic N) is 1. The van der Waals surface area contributed by atoms with Gasteiger partial charge < -0.3 is 46.1 Å². The van der Waals surface area contributed by atoms with Gasteiger partial charge in [-0.2, -0.15) is 0 Å². The van der Waals surface area contributed by atoms with Crippen molar-refractivity contribution in [1.82, 2.24) is 0 Å². The summed E-state index contributed by atoms with van der Waals surface area (Å²) in [6, 6.07) is 11.3. The third-order valence-electron chi connectivity index (χ3n) is 13.0. The van der Waals surface area contributed by atoms with Crippen LogP contribution in [0.2, 0.25) is 0 Å². The normalized spacial score (nSPS) is 23.0. The summed E-state index contributed by atoms with van der Waals surface area (Å²) in [6.45, 7) is 9.42. The summed E-state index contributed by atoms with van der Waals surface area (Å²) >= 11 is 0. The zero-order chi connectivity index (χ0) is 41.5. The predicted molar refractivity (Wildman–Crippen MR) is 231 cm³/mol. The molecular weight excluding hydrogens is 731 g/mol. The minimum Gasteiger partial charge on any atom is -0.508 e. The lowest BCUT2D eigenvalue weighted by atomic mass is 9.72. The van der Waals surface area contributed by atoms with Gasteiger partial charge in [-0.1, -0.05) is 72.3 Å². The molecule has 8 N–H and O–H groups in total. The number of phenols is 2. The van der Waals surface area contributed by atoms with E-state index in [1.54, 1.807) is 25.3 Å². The standard InChI is InChI=1S/C48H69N3O7/c1-6-7-8-11-29(4)12-9-13-30-21-33-23-39(54)34(20-28(2)3)22-36(33)46-44(56-5)26-42-37(45(30)46)25-40(55)47(58-42)31-16-17-38(53)43(24-31)57-41-15-10-14-32(27-52)35(41)18-19-51-48(49)50/h16-17,22-24,26,28-30,32,35,40-41,47,52-55H,6-15,18-21,25,27H2,1-5H3,(H4,49,50,51)/t29-,30+,32-,35-,40+,41+,47-/m0/s1. The average Bonchev–Trinajstić information content (AvgIpc) is 3.18. The molecule has 58 heavy (non-hydrogen) atoms. The summed E-state index contributed by atoms with van der Waals surface area (Å²) in [5.41, 5.74) is 18.3. The van der Waals surface area contributed by atoms with Crippen LogP contribution < -0.4 is 25.7 Å². The number of unbranched alkanes of at least 4 members (excludes halogenated alkanes) is 2. The molecule has 0 radical (unpaired) electrons. The smallest absolute Gasteiger partial charge is 0.185 e. The number of benzene rings is 3. The fourth-order valence-electron chi connectivity index (χ4n) is 10.0. The van der Waals surface area contributed by atoms with E-state index in [0.717, 1.165) is 84.9 Å². The van der Waals surface area contributed by atoms with Crippen LogP contribution in [0.1, 0.15) is 138 Å². The first-order valence-electron chi connectivity index (χ1n) is 22.0. The summed E-state index contributed by atoms with van der Waals surface area (Å²) in [6.07, 6.45) is 11.6. The molecule has 1 saturated carbocycles. The number of aliphatic imine (C=N–C) groups is 1. The largest absolute Gasteiger partial charge is 0.508 e. The quantitative estimate of drug-likeness (QED) is 0.0418. The number of phenolic OH excluding ortho intramolecular Hbond substituents is 2. The molecule has 0 bridgehead atoms. The van der Waals surface area contributed by atoms with Gasteiger partial charge >= 0.3 is 0 Å². The molecule has 2 aliphatic carbocycles. The van der Waals surface area contributed by atoms with Crippen molar-refractivity contribution in [1.29, 1.82) is 0 Å². The second-order valence-corrected chi connectivity index (χ2v) is 17.8. The van der Waals surface area contributed by atoms with Gasteiger partial charge in [0.1, 0.15) is 29.5 Å². The van der Waals surface area contributed by atoms with Crippen LogP contribution >= 0.6 is 0 Å². The van der Waals surface area contributed by atoms with Crippen LogP contribution in [0.25, 0.3) is 11.1 Å². The summed E-state index contributed by atoms with van der Waals surface area (Å²) in [5.74, 6) is 3.38. The number of hydrogen-bond donors (Lipinski definition) is 6. The molecule has 10 nitrogen and oxygen atoms in total. The Hall–Kier alpha value is -4.15. The first kappa shape index (κ1) is 43.4. The first-order valence-corrected chi connectivity index (χ1v) is 22.0. The molecule has 3 aromatic rings. The van der Waals surface area contributed by atoms with Crippen molar-refractivity contribution in [3.05, 3.63) is 64.2 Å². The summed E-state index contributed by atoms with van der Waals surface area (Å²) < 4.78 is 19.6. The van der Waals surface area contributed by atoms with Gasteiger partial charge in [0.05, 0.1) is 13.2 Å². The van der Waals surface area contributed by atoms with Crippen molar-refractivity contribution >= 4 is 5.96 Å². The molecular formula is C48H69N3O7. The predicted octanol–water partition coefficient (Wildman–Crippen LogP) is 8.85. The van der Waals surface area contributed by atoms with Crippen molar-refractivity contribution in [3.63, 3.8) is 0 Å². The number of nitrogens with two attached hydrogens (primary N) is 2. The zero-order valence-electron chi connectivity index (χ0n) is 35.5.